The summed E-state index contributed by atoms with van der Waals surface area (Å²) < 4.78 is 23.4. The lowest BCUT2D eigenvalue weighted by molar-refractivity contribution is 0.185. The summed E-state index contributed by atoms with van der Waals surface area (Å²) in [5, 5.41) is 28.1. The highest BCUT2D eigenvalue weighted by Gasteiger charge is 2.38. The molecule has 172 valence electrons. The van der Waals surface area contributed by atoms with Crippen LogP contribution in [0.5, 0.6) is 0 Å². The first-order valence-corrected chi connectivity index (χ1v) is 15.9. The van der Waals surface area contributed by atoms with E-state index in [1.807, 2.05) is 40.8 Å². The van der Waals surface area contributed by atoms with Crippen molar-refractivity contribution in [3.05, 3.63) is 0 Å². The SMILES string of the molecule is CCO[Si](C)(CCC(C)(C#N)N=NC(C)(C#N)CC[Si](C)(OCC)OCC)OCC. The minimum atomic E-state index is -2.36. The number of hydrogen-bond acceptors (Lipinski definition) is 8. The number of hydrogen-bond donors (Lipinski definition) is 0. The standard InChI is InChI=1S/C20H40N4O4Si2/c1-9-25-29(7,26-10-2)15-13-19(5,17-21)23-24-20(6,18-22)14-16-30(8,27-11-3)28-12-4/h9-16H2,1-8H3. The van der Waals surface area contributed by atoms with Crippen LogP contribution in [0.15, 0.2) is 10.2 Å². The molecular formula is C20H40N4O4Si2. The second-order valence-electron chi connectivity index (χ2n) is 7.97. The van der Waals surface area contributed by atoms with E-state index in [-0.39, 0.29) is 0 Å². The maximum absolute atomic E-state index is 9.72. The Labute approximate surface area is 185 Å². The highest BCUT2D eigenvalue weighted by molar-refractivity contribution is 6.66. The van der Waals surface area contributed by atoms with Crippen molar-refractivity contribution < 1.29 is 17.7 Å². The van der Waals surface area contributed by atoms with Crippen molar-refractivity contribution in [2.75, 3.05) is 26.4 Å². The van der Waals surface area contributed by atoms with Gasteiger partial charge in [-0.2, -0.15) is 20.8 Å². The van der Waals surface area contributed by atoms with E-state index >= 15 is 0 Å². The van der Waals surface area contributed by atoms with Crippen LogP contribution >= 0.6 is 0 Å². The van der Waals surface area contributed by atoms with Crippen molar-refractivity contribution in [2.24, 2.45) is 10.2 Å². The average molecular weight is 457 g/mol. The second-order valence-corrected chi connectivity index (χ2v) is 14.7. The molecule has 0 bridgehead atoms. The molecule has 0 radical (unpaired) electrons. The Morgan fingerprint density at radius 2 is 0.933 bits per heavy atom. The third-order valence-electron chi connectivity index (χ3n) is 4.90. The molecule has 0 saturated carbocycles. The Morgan fingerprint density at radius 3 is 1.13 bits per heavy atom. The minimum absolute atomic E-state index is 0.460. The van der Waals surface area contributed by atoms with Gasteiger partial charge in [0.1, 0.15) is 0 Å². The van der Waals surface area contributed by atoms with Crippen molar-refractivity contribution in [3.63, 3.8) is 0 Å². The molecule has 10 heteroatoms. The van der Waals surface area contributed by atoms with Gasteiger partial charge in [0.15, 0.2) is 11.1 Å². The Bertz CT molecular complexity index is 559. The zero-order chi connectivity index (χ0) is 23.3. The predicted molar refractivity (Wildman–Crippen MR) is 121 cm³/mol. The number of nitrogens with zero attached hydrogens (tertiary/aromatic N) is 4. The molecule has 30 heavy (non-hydrogen) atoms. The number of nitriles is 2. The van der Waals surface area contributed by atoms with Gasteiger partial charge in [0.25, 0.3) is 0 Å². The molecule has 0 aliphatic carbocycles. The topological polar surface area (TPSA) is 109 Å². The summed E-state index contributed by atoms with van der Waals surface area (Å²) in [6, 6.07) is 5.74. The summed E-state index contributed by atoms with van der Waals surface area (Å²) in [7, 11) is -4.72. The van der Waals surface area contributed by atoms with Gasteiger partial charge in [-0.3, -0.25) is 0 Å². The van der Waals surface area contributed by atoms with Gasteiger partial charge in [-0.1, -0.05) is 0 Å². The van der Waals surface area contributed by atoms with E-state index < -0.39 is 28.2 Å². The molecule has 0 aliphatic heterocycles. The summed E-state index contributed by atoms with van der Waals surface area (Å²) in [5.74, 6) is 0. The fourth-order valence-electron chi connectivity index (χ4n) is 3.01. The van der Waals surface area contributed by atoms with E-state index in [0.717, 1.165) is 0 Å². The first-order chi connectivity index (χ1) is 14.0. The van der Waals surface area contributed by atoms with Crippen LogP contribution in [0.3, 0.4) is 0 Å². The van der Waals surface area contributed by atoms with E-state index in [4.69, 9.17) is 17.7 Å². The molecule has 0 aromatic rings. The molecule has 0 heterocycles. The van der Waals surface area contributed by atoms with E-state index in [2.05, 4.69) is 22.4 Å². The van der Waals surface area contributed by atoms with Crippen LogP contribution in [0, 0.1) is 22.7 Å². The Balaban J connectivity index is 5.29. The van der Waals surface area contributed by atoms with E-state index in [9.17, 15) is 10.5 Å². The third-order valence-corrected chi connectivity index (χ3v) is 10.8. The first kappa shape index (κ1) is 28.9. The van der Waals surface area contributed by atoms with E-state index in [1.54, 1.807) is 13.8 Å². The number of azo groups is 1. The Morgan fingerprint density at radius 1 is 0.667 bits per heavy atom. The van der Waals surface area contributed by atoms with Crippen LogP contribution in [0.4, 0.5) is 0 Å². The van der Waals surface area contributed by atoms with Gasteiger partial charge in [-0.15, -0.1) is 0 Å². The van der Waals surface area contributed by atoms with Gasteiger partial charge in [-0.25, -0.2) is 0 Å². The smallest absolute Gasteiger partial charge is 0.335 e. The lowest BCUT2D eigenvalue weighted by Crippen LogP contribution is -2.41. The molecule has 0 spiro atoms. The lowest BCUT2D eigenvalue weighted by atomic mass is 10.0. The lowest BCUT2D eigenvalue weighted by Gasteiger charge is -2.29. The second kappa shape index (κ2) is 13.3. The van der Waals surface area contributed by atoms with Crippen molar-refractivity contribution in [1.29, 1.82) is 10.5 Å². The predicted octanol–water partition coefficient (Wildman–Crippen LogP) is 5.07. The van der Waals surface area contributed by atoms with Crippen LogP contribution in [-0.2, 0) is 17.7 Å². The van der Waals surface area contributed by atoms with Gasteiger partial charge in [0.05, 0.1) is 12.1 Å². The molecule has 0 saturated heterocycles. The fraction of sp³-hybridized carbons (Fsp3) is 0.900. The van der Waals surface area contributed by atoms with Crippen LogP contribution in [0.2, 0.25) is 25.2 Å². The molecule has 8 nitrogen and oxygen atoms in total. The van der Waals surface area contributed by atoms with Crippen molar-refractivity contribution in [3.8, 4) is 12.1 Å². The summed E-state index contributed by atoms with van der Waals surface area (Å²) in [4.78, 5) is 0. The Kier molecular flexibility index (Phi) is 12.8. The van der Waals surface area contributed by atoms with Crippen molar-refractivity contribution >= 4 is 17.1 Å². The highest BCUT2D eigenvalue weighted by Crippen LogP contribution is 2.29. The molecule has 0 N–H and O–H groups in total. The first-order valence-electron chi connectivity index (χ1n) is 10.8. The highest BCUT2D eigenvalue weighted by atomic mass is 28.4. The maximum atomic E-state index is 9.72. The van der Waals surface area contributed by atoms with Crippen molar-refractivity contribution in [2.45, 2.75) is 90.6 Å². The van der Waals surface area contributed by atoms with E-state index in [1.165, 1.54) is 0 Å². The number of rotatable bonds is 16. The molecule has 0 rings (SSSR count). The quantitative estimate of drug-likeness (QED) is 0.237. The molecule has 0 aliphatic rings. The van der Waals surface area contributed by atoms with Gasteiger partial charge in [-0.05, 0) is 79.6 Å². The summed E-state index contributed by atoms with van der Waals surface area (Å²) in [5.41, 5.74) is -2.08. The average Bonchev–Trinajstić information content (AvgIpc) is 2.70. The van der Waals surface area contributed by atoms with Crippen LogP contribution in [-0.4, -0.2) is 54.6 Å². The molecule has 0 aromatic carbocycles. The van der Waals surface area contributed by atoms with Crippen LogP contribution < -0.4 is 0 Å². The monoisotopic (exact) mass is 456 g/mol. The maximum Gasteiger partial charge on any atom is 0.335 e. The van der Waals surface area contributed by atoms with Crippen molar-refractivity contribution in [1.82, 2.24) is 0 Å². The zero-order valence-corrected chi connectivity index (χ0v) is 22.1. The van der Waals surface area contributed by atoms with Gasteiger partial charge in [0, 0.05) is 26.4 Å². The molecule has 0 fully saturated rings. The normalized spacial score (nSPS) is 16.6. The summed E-state index contributed by atoms with van der Waals surface area (Å²) in [6.45, 7) is 17.5. The van der Waals surface area contributed by atoms with Gasteiger partial charge >= 0.3 is 17.1 Å². The Hall–Kier alpha value is -1.15. The largest absolute Gasteiger partial charge is 0.395 e. The molecule has 0 amide bonds. The zero-order valence-electron chi connectivity index (χ0n) is 20.1. The van der Waals surface area contributed by atoms with Gasteiger partial charge in [0.2, 0.25) is 0 Å². The van der Waals surface area contributed by atoms with Gasteiger partial charge < -0.3 is 17.7 Å². The summed E-state index contributed by atoms with van der Waals surface area (Å²) in [6.07, 6.45) is 0.920. The third kappa shape index (κ3) is 10.2. The summed E-state index contributed by atoms with van der Waals surface area (Å²) >= 11 is 0. The van der Waals surface area contributed by atoms with Crippen LogP contribution in [0.25, 0.3) is 0 Å². The van der Waals surface area contributed by atoms with E-state index in [0.29, 0.717) is 51.4 Å². The molecular weight excluding hydrogens is 416 g/mol. The molecule has 2 unspecified atom stereocenters. The fourth-order valence-corrected chi connectivity index (χ4v) is 8.08. The minimum Gasteiger partial charge on any atom is -0.395 e. The molecule has 2 atom stereocenters. The molecule has 0 aromatic heterocycles. The van der Waals surface area contributed by atoms with Crippen LogP contribution in [0.1, 0.15) is 54.4 Å².